The zero-order chi connectivity index (χ0) is 11.1. The van der Waals surface area contributed by atoms with E-state index in [1.807, 2.05) is 6.07 Å². The van der Waals surface area contributed by atoms with Crippen molar-refractivity contribution in [2.45, 2.75) is 18.9 Å². The molecule has 1 heterocycles. The number of carbonyl (C=O) groups excluding carboxylic acids is 1. The van der Waals surface area contributed by atoms with Gasteiger partial charge in [0.1, 0.15) is 5.75 Å². The number of halogens is 1. The van der Waals surface area contributed by atoms with Crippen LogP contribution in [-0.2, 0) is 16.0 Å². The Kier molecular flexibility index (Phi) is 2.35. The first-order valence-corrected chi connectivity index (χ1v) is 4.99. The number of fused-ring (bicyclic) bond motifs is 1. The van der Waals surface area contributed by atoms with Crippen LogP contribution in [0.15, 0.2) is 18.2 Å². The minimum absolute atomic E-state index is 0.366. The monoisotopic (exact) mass is 226 g/mol. The number of methoxy groups -OCH3 is 1. The summed E-state index contributed by atoms with van der Waals surface area (Å²) in [6.07, 6.45) is 0.520. The van der Waals surface area contributed by atoms with Gasteiger partial charge in [0, 0.05) is 11.4 Å². The van der Waals surface area contributed by atoms with Crippen LogP contribution in [0.4, 0.5) is 0 Å². The van der Waals surface area contributed by atoms with Gasteiger partial charge in [0.25, 0.3) is 0 Å². The molecule has 0 amide bonds. The first kappa shape index (κ1) is 10.3. The van der Waals surface area contributed by atoms with E-state index in [2.05, 4.69) is 0 Å². The van der Waals surface area contributed by atoms with Gasteiger partial charge in [0.15, 0.2) is 0 Å². The molecule has 80 valence electrons. The summed E-state index contributed by atoms with van der Waals surface area (Å²) < 4.78 is 10.3. The molecule has 1 unspecified atom stereocenters. The summed E-state index contributed by atoms with van der Waals surface area (Å²) in [4.78, 5) is 11.5. The van der Waals surface area contributed by atoms with Gasteiger partial charge in [-0.3, -0.25) is 0 Å². The first-order chi connectivity index (χ1) is 7.05. The van der Waals surface area contributed by atoms with Crippen LogP contribution < -0.4 is 4.74 Å². The normalized spacial score (nSPS) is 23.1. The van der Waals surface area contributed by atoms with E-state index >= 15 is 0 Å². The minimum Gasteiger partial charge on any atom is -0.475 e. The molecule has 2 rings (SSSR count). The lowest BCUT2D eigenvalue weighted by molar-refractivity contribution is -0.156. The predicted molar refractivity (Wildman–Crippen MR) is 56.2 cm³/mol. The van der Waals surface area contributed by atoms with E-state index in [9.17, 15) is 4.79 Å². The van der Waals surface area contributed by atoms with Gasteiger partial charge in [-0.15, -0.1) is 0 Å². The molecule has 0 N–H and O–H groups in total. The molecule has 0 bridgehead atoms. The van der Waals surface area contributed by atoms with Gasteiger partial charge in [-0.2, -0.15) is 0 Å². The van der Waals surface area contributed by atoms with E-state index in [0.717, 1.165) is 5.56 Å². The molecule has 0 aromatic heterocycles. The molecule has 15 heavy (non-hydrogen) atoms. The number of hydrogen-bond donors (Lipinski definition) is 0. The van der Waals surface area contributed by atoms with Crippen molar-refractivity contribution in [2.24, 2.45) is 0 Å². The highest BCUT2D eigenvalue weighted by atomic mass is 35.5. The molecule has 1 aromatic rings. The van der Waals surface area contributed by atoms with Crippen LogP contribution in [0.5, 0.6) is 5.75 Å². The molecule has 3 nitrogen and oxygen atoms in total. The molecular weight excluding hydrogens is 216 g/mol. The van der Waals surface area contributed by atoms with Crippen LogP contribution in [-0.4, -0.2) is 18.7 Å². The zero-order valence-corrected chi connectivity index (χ0v) is 9.30. The molecule has 0 spiro atoms. The fourth-order valence-electron chi connectivity index (χ4n) is 1.74. The molecule has 0 radical (unpaired) electrons. The van der Waals surface area contributed by atoms with Gasteiger partial charge in [0.05, 0.1) is 7.11 Å². The summed E-state index contributed by atoms with van der Waals surface area (Å²) in [5.74, 6) is 0.297. The second-order valence-corrected chi connectivity index (χ2v) is 4.19. The van der Waals surface area contributed by atoms with Gasteiger partial charge in [-0.1, -0.05) is 17.7 Å². The topological polar surface area (TPSA) is 35.5 Å². The van der Waals surface area contributed by atoms with Crippen molar-refractivity contribution in [3.05, 3.63) is 28.8 Å². The van der Waals surface area contributed by atoms with Crippen molar-refractivity contribution in [1.82, 2.24) is 0 Å². The van der Waals surface area contributed by atoms with Crippen LogP contribution in [0.3, 0.4) is 0 Å². The Balaban J connectivity index is 2.32. The lowest BCUT2D eigenvalue weighted by Gasteiger charge is -2.20. The third-order valence-electron chi connectivity index (χ3n) is 2.51. The quantitative estimate of drug-likeness (QED) is 0.689. The Labute approximate surface area is 92.9 Å². The maximum absolute atomic E-state index is 11.5. The summed E-state index contributed by atoms with van der Waals surface area (Å²) in [7, 11) is 1.35. The van der Waals surface area contributed by atoms with E-state index in [1.165, 1.54) is 7.11 Å². The Bertz CT molecular complexity index is 416. The molecule has 0 fully saturated rings. The summed E-state index contributed by atoms with van der Waals surface area (Å²) >= 11 is 5.83. The van der Waals surface area contributed by atoms with E-state index in [-0.39, 0.29) is 5.97 Å². The molecule has 1 aromatic carbocycles. The molecule has 0 aliphatic carbocycles. The summed E-state index contributed by atoms with van der Waals surface area (Å²) in [5, 5.41) is 0.600. The van der Waals surface area contributed by atoms with Gasteiger partial charge in [0.2, 0.25) is 5.60 Å². The molecular formula is C11H11ClO3. The molecule has 1 aliphatic heterocycles. The largest absolute Gasteiger partial charge is 0.475 e. The zero-order valence-electron chi connectivity index (χ0n) is 8.54. The van der Waals surface area contributed by atoms with Gasteiger partial charge in [-0.25, -0.2) is 4.79 Å². The van der Waals surface area contributed by atoms with Crippen molar-refractivity contribution in [3.63, 3.8) is 0 Å². The van der Waals surface area contributed by atoms with E-state index < -0.39 is 5.60 Å². The van der Waals surface area contributed by atoms with E-state index in [1.54, 1.807) is 19.1 Å². The predicted octanol–water partition coefficient (Wildman–Crippen LogP) is 2.21. The van der Waals surface area contributed by atoms with Gasteiger partial charge in [-0.05, 0) is 24.6 Å². The lowest BCUT2D eigenvalue weighted by Crippen LogP contribution is -2.40. The van der Waals surface area contributed by atoms with Gasteiger partial charge >= 0.3 is 5.97 Å². The smallest absolute Gasteiger partial charge is 0.350 e. The Hall–Kier alpha value is -1.22. The Morgan fingerprint density at radius 2 is 2.33 bits per heavy atom. The molecule has 0 saturated heterocycles. The van der Waals surface area contributed by atoms with Crippen LogP contribution in [0, 0.1) is 0 Å². The highest BCUT2D eigenvalue weighted by Gasteiger charge is 2.42. The fourth-order valence-corrected chi connectivity index (χ4v) is 1.90. The van der Waals surface area contributed by atoms with Crippen molar-refractivity contribution in [1.29, 1.82) is 0 Å². The second kappa shape index (κ2) is 3.42. The van der Waals surface area contributed by atoms with Crippen LogP contribution in [0.25, 0.3) is 0 Å². The number of ether oxygens (including phenoxy) is 2. The number of rotatable bonds is 1. The number of carbonyl (C=O) groups is 1. The number of hydrogen-bond acceptors (Lipinski definition) is 3. The average Bonchev–Trinajstić information content (AvgIpc) is 2.53. The third-order valence-corrected chi connectivity index (χ3v) is 2.74. The Morgan fingerprint density at radius 1 is 1.60 bits per heavy atom. The van der Waals surface area contributed by atoms with Gasteiger partial charge < -0.3 is 9.47 Å². The molecule has 1 atom stereocenters. The third kappa shape index (κ3) is 1.67. The molecule has 0 saturated carbocycles. The summed E-state index contributed by atoms with van der Waals surface area (Å²) in [6.45, 7) is 1.72. The maximum atomic E-state index is 11.5. The fraction of sp³-hybridized carbons (Fsp3) is 0.364. The lowest BCUT2D eigenvalue weighted by atomic mass is 10.00. The Morgan fingerprint density at radius 3 is 3.00 bits per heavy atom. The van der Waals surface area contributed by atoms with Crippen LogP contribution in [0.1, 0.15) is 12.5 Å². The van der Waals surface area contributed by atoms with Crippen LogP contribution >= 0.6 is 11.6 Å². The number of esters is 1. The summed E-state index contributed by atoms with van der Waals surface area (Å²) in [6, 6.07) is 5.36. The summed E-state index contributed by atoms with van der Waals surface area (Å²) in [5.41, 5.74) is 0.0641. The number of benzene rings is 1. The van der Waals surface area contributed by atoms with Crippen molar-refractivity contribution < 1.29 is 14.3 Å². The standard InChI is InChI=1S/C11H11ClO3/c1-11(10(13)14-2)6-7-3-4-8(12)5-9(7)15-11/h3-5H,6H2,1-2H3. The maximum Gasteiger partial charge on any atom is 0.350 e. The highest BCUT2D eigenvalue weighted by Crippen LogP contribution is 2.37. The SMILES string of the molecule is COC(=O)C1(C)Cc2ccc(Cl)cc2O1. The van der Waals surface area contributed by atoms with E-state index in [0.29, 0.717) is 17.2 Å². The van der Waals surface area contributed by atoms with Crippen molar-refractivity contribution in [2.75, 3.05) is 7.11 Å². The second-order valence-electron chi connectivity index (χ2n) is 3.75. The average molecular weight is 227 g/mol. The van der Waals surface area contributed by atoms with Crippen molar-refractivity contribution >= 4 is 17.6 Å². The highest BCUT2D eigenvalue weighted by molar-refractivity contribution is 6.30. The van der Waals surface area contributed by atoms with E-state index in [4.69, 9.17) is 21.1 Å². The minimum atomic E-state index is -0.915. The van der Waals surface area contributed by atoms with Crippen LogP contribution in [0.2, 0.25) is 5.02 Å². The molecule has 1 aliphatic rings. The van der Waals surface area contributed by atoms with Crippen molar-refractivity contribution in [3.8, 4) is 5.75 Å². The molecule has 4 heteroatoms. The first-order valence-electron chi connectivity index (χ1n) is 4.61.